The zero-order valence-corrected chi connectivity index (χ0v) is 7.55. The van der Waals surface area contributed by atoms with E-state index in [2.05, 4.69) is 25.1 Å². The molecule has 11 heavy (non-hydrogen) atoms. The molecule has 2 nitrogen and oxygen atoms in total. The van der Waals surface area contributed by atoms with Crippen LogP contribution in [-0.2, 0) is 4.84 Å². The minimum atomic E-state index is 0.337. The highest BCUT2D eigenvalue weighted by atomic mass is 16.6. The first-order valence-electron chi connectivity index (χ1n) is 3.80. The van der Waals surface area contributed by atoms with E-state index in [1.54, 1.807) is 7.11 Å². The second-order valence-electron chi connectivity index (χ2n) is 2.49. The van der Waals surface area contributed by atoms with E-state index in [9.17, 15) is 0 Å². The van der Waals surface area contributed by atoms with E-state index in [-0.39, 0.29) is 0 Å². The Labute approximate surface area is 68.9 Å². The molecule has 0 aromatic rings. The monoisotopic (exact) mass is 155 g/mol. The van der Waals surface area contributed by atoms with Crippen molar-refractivity contribution in [3.8, 4) is 0 Å². The molecular weight excluding hydrogens is 138 g/mol. The Kier molecular flexibility index (Phi) is 5.80. The summed E-state index contributed by atoms with van der Waals surface area (Å²) in [6.45, 7) is 7.78. The summed E-state index contributed by atoms with van der Waals surface area (Å²) in [4.78, 5) is 4.78. The van der Waals surface area contributed by atoms with Crippen LogP contribution in [-0.4, -0.2) is 13.2 Å². The van der Waals surface area contributed by atoms with Crippen LogP contribution in [0.1, 0.15) is 20.3 Å². The highest BCUT2D eigenvalue weighted by Crippen LogP contribution is 2.05. The van der Waals surface area contributed by atoms with Gasteiger partial charge < -0.3 is 4.84 Å². The molecule has 0 amide bonds. The molecule has 0 saturated carbocycles. The first-order chi connectivity index (χ1) is 5.24. The summed E-state index contributed by atoms with van der Waals surface area (Å²) in [7, 11) is 1.62. The Morgan fingerprint density at radius 2 is 2.36 bits per heavy atom. The summed E-state index contributed by atoms with van der Waals surface area (Å²) in [5.74, 6) is 0. The Bertz CT molecular complexity index is 140. The van der Waals surface area contributed by atoms with Crippen LogP contribution < -0.4 is 5.48 Å². The first kappa shape index (κ1) is 10.4. The zero-order chi connectivity index (χ0) is 8.69. The van der Waals surface area contributed by atoms with Crippen LogP contribution in [0.3, 0.4) is 0 Å². The number of rotatable bonds is 5. The molecule has 0 aliphatic rings. The Hall–Kier alpha value is -0.600. The normalized spacial score (nSPS) is 14.6. The van der Waals surface area contributed by atoms with Gasteiger partial charge in [0.25, 0.3) is 0 Å². The fraction of sp³-hybridized carbons (Fsp3) is 0.556. The molecule has 0 aliphatic carbocycles. The van der Waals surface area contributed by atoms with Gasteiger partial charge in [-0.15, -0.1) is 0 Å². The maximum absolute atomic E-state index is 4.78. The van der Waals surface area contributed by atoms with E-state index >= 15 is 0 Å². The molecule has 0 spiro atoms. The van der Waals surface area contributed by atoms with Crippen molar-refractivity contribution < 1.29 is 4.84 Å². The fourth-order valence-corrected chi connectivity index (χ4v) is 0.915. The van der Waals surface area contributed by atoms with Gasteiger partial charge in [-0.3, -0.25) is 0 Å². The van der Waals surface area contributed by atoms with E-state index in [1.165, 1.54) is 5.57 Å². The van der Waals surface area contributed by atoms with E-state index < -0.39 is 0 Å². The average Bonchev–Trinajstić information content (AvgIpc) is 2.01. The molecule has 64 valence electrons. The largest absolute Gasteiger partial charge is 0.305 e. The Morgan fingerprint density at radius 1 is 1.73 bits per heavy atom. The number of hydrogen-bond acceptors (Lipinski definition) is 2. The molecular formula is C9H17NO. The van der Waals surface area contributed by atoms with Crippen molar-refractivity contribution in [3.63, 3.8) is 0 Å². The van der Waals surface area contributed by atoms with Crippen LogP contribution >= 0.6 is 0 Å². The molecule has 0 heterocycles. The molecule has 0 fully saturated rings. The summed E-state index contributed by atoms with van der Waals surface area (Å²) in [5.41, 5.74) is 4.09. The van der Waals surface area contributed by atoms with Crippen LogP contribution in [0, 0.1) is 0 Å². The number of nitrogens with one attached hydrogen (secondary N) is 1. The lowest BCUT2D eigenvalue weighted by Crippen LogP contribution is -2.24. The lowest BCUT2D eigenvalue weighted by molar-refractivity contribution is 0.0663. The Morgan fingerprint density at radius 3 is 2.73 bits per heavy atom. The minimum Gasteiger partial charge on any atom is -0.305 e. The maximum atomic E-state index is 4.78. The molecule has 0 bridgehead atoms. The third kappa shape index (κ3) is 4.76. The van der Waals surface area contributed by atoms with Gasteiger partial charge in [-0.25, -0.2) is 0 Å². The maximum Gasteiger partial charge on any atom is 0.0572 e. The minimum absolute atomic E-state index is 0.337. The third-order valence-corrected chi connectivity index (χ3v) is 1.49. The summed E-state index contributed by atoms with van der Waals surface area (Å²) in [5, 5.41) is 0. The van der Waals surface area contributed by atoms with Crippen molar-refractivity contribution in [2.45, 2.75) is 26.3 Å². The van der Waals surface area contributed by atoms with Crippen molar-refractivity contribution in [2.75, 3.05) is 7.11 Å². The van der Waals surface area contributed by atoms with Gasteiger partial charge in [0.1, 0.15) is 0 Å². The highest BCUT2D eigenvalue weighted by Gasteiger charge is 2.00. The SMILES string of the molecule is C=CC(=CC)CC(C)NOC. The molecule has 0 radical (unpaired) electrons. The van der Waals surface area contributed by atoms with Crippen LogP contribution in [0.4, 0.5) is 0 Å². The molecule has 0 rings (SSSR count). The predicted octanol–water partition coefficient (Wildman–Crippen LogP) is 2.05. The molecule has 0 aromatic heterocycles. The smallest absolute Gasteiger partial charge is 0.0572 e. The van der Waals surface area contributed by atoms with E-state index in [0.717, 1.165) is 6.42 Å². The number of allylic oxidation sites excluding steroid dienone is 2. The van der Waals surface area contributed by atoms with Gasteiger partial charge in [0.2, 0.25) is 0 Å². The second-order valence-corrected chi connectivity index (χ2v) is 2.49. The van der Waals surface area contributed by atoms with Crippen molar-refractivity contribution in [2.24, 2.45) is 0 Å². The van der Waals surface area contributed by atoms with Gasteiger partial charge in [0.05, 0.1) is 7.11 Å². The average molecular weight is 155 g/mol. The van der Waals surface area contributed by atoms with Crippen molar-refractivity contribution in [1.29, 1.82) is 0 Å². The molecule has 0 aromatic carbocycles. The molecule has 0 aliphatic heterocycles. The predicted molar refractivity (Wildman–Crippen MR) is 48.2 cm³/mol. The summed E-state index contributed by atoms with van der Waals surface area (Å²) < 4.78 is 0. The summed E-state index contributed by atoms with van der Waals surface area (Å²) in [6, 6.07) is 0.337. The standard InChI is InChI=1S/C9H17NO/c1-5-9(6-2)7-8(3)10-11-4/h5-6,8,10H,1,7H2,2-4H3. The number of hydrogen-bond donors (Lipinski definition) is 1. The van der Waals surface area contributed by atoms with Gasteiger partial charge in [-0.1, -0.05) is 24.3 Å². The van der Waals surface area contributed by atoms with E-state index in [1.807, 2.05) is 13.0 Å². The van der Waals surface area contributed by atoms with Crippen LogP contribution in [0.5, 0.6) is 0 Å². The van der Waals surface area contributed by atoms with Crippen molar-refractivity contribution >= 4 is 0 Å². The van der Waals surface area contributed by atoms with Crippen LogP contribution in [0.25, 0.3) is 0 Å². The number of hydroxylamine groups is 1. The highest BCUT2D eigenvalue weighted by molar-refractivity contribution is 5.15. The summed E-state index contributed by atoms with van der Waals surface area (Å²) in [6.07, 6.45) is 4.88. The van der Waals surface area contributed by atoms with Crippen molar-refractivity contribution in [3.05, 3.63) is 24.3 Å². The molecule has 2 heteroatoms. The van der Waals surface area contributed by atoms with E-state index in [4.69, 9.17) is 4.84 Å². The topological polar surface area (TPSA) is 21.3 Å². The second kappa shape index (κ2) is 6.13. The van der Waals surface area contributed by atoms with Crippen molar-refractivity contribution in [1.82, 2.24) is 5.48 Å². The molecule has 1 atom stereocenters. The van der Waals surface area contributed by atoms with Gasteiger partial charge in [-0.2, -0.15) is 5.48 Å². The zero-order valence-electron chi connectivity index (χ0n) is 7.55. The van der Waals surface area contributed by atoms with Gasteiger partial charge in [0.15, 0.2) is 0 Å². The lowest BCUT2D eigenvalue weighted by atomic mass is 10.1. The molecule has 1 N–H and O–H groups in total. The van der Waals surface area contributed by atoms with Gasteiger partial charge >= 0.3 is 0 Å². The molecule has 0 saturated heterocycles. The molecule has 1 unspecified atom stereocenters. The van der Waals surface area contributed by atoms with E-state index in [0.29, 0.717) is 6.04 Å². The summed E-state index contributed by atoms with van der Waals surface area (Å²) >= 11 is 0. The fourth-order valence-electron chi connectivity index (χ4n) is 0.915. The van der Waals surface area contributed by atoms with Crippen LogP contribution in [0.2, 0.25) is 0 Å². The third-order valence-electron chi connectivity index (χ3n) is 1.49. The van der Waals surface area contributed by atoms with Crippen LogP contribution in [0.15, 0.2) is 24.3 Å². The van der Waals surface area contributed by atoms with Gasteiger partial charge in [-0.05, 0) is 20.3 Å². The Balaban J connectivity index is 3.72. The van der Waals surface area contributed by atoms with Gasteiger partial charge in [0, 0.05) is 6.04 Å². The quantitative estimate of drug-likeness (QED) is 0.484. The first-order valence-corrected chi connectivity index (χ1v) is 3.80. The lowest BCUT2D eigenvalue weighted by Gasteiger charge is -2.11.